The first-order valence-corrected chi connectivity index (χ1v) is 4.23. The molecule has 1 atom stereocenters. The molecule has 0 saturated carbocycles. The lowest BCUT2D eigenvalue weighted by Gasteiger charge is -2.11. The fraction of sp³-hybridized carbons (Fsp3) is 0.667. The Balaban J connectivity index is 3.89. The molecule has 0 rings (SSSR count). The van der Waals surface area contributed by atoms with Crippen molar-refractivity contribution in [3.05, 3.63) is 12.7 Å². The minimum absolute atomic E-state index is 0.104. The van der Waals surface area contributed by atoms with E-state index in [1.165, 1.54) is 0 Å². The zero-order chi connectivity index (χ0) is 9.40. The van der Waals surface area contributed by atoms with Crippen molar-refractivity contribution in [2.45, 2.75) is 19.8 Å². The molecule has 0 radical (unpaired) electrons. The van der Waals surface area contributed by atoms with E-state index in [0.717, 1.165) is 0 Å². The Labute approximate surface area is 73.6 Å². The Morgan fingerprint density at radius 1 is 1.75 bits per heavy atom. The summed E-state index contributed by atoms with van der Waals surface area (Å²) in [7, 11) is 0. The Morgan fingerprint density at radius 2 is 2.42 bits per heavy atom. The summed E-state index contributed by atoms with van der Waals surface area (Å²) in [6.45, 7) is 6.31. The van der Waals surface area contributed by atoms with Crippen molar-refractivity contribution in [2.75, 3.05) is 13.2 Å². The van der Waals surface area contributed by atoms with Crippen LogP contribution in [0.1, 0.15) is 19.8 Å². The highest BCUT2D eigenvalue weighted by Gasteiger charge is 2.16. The van der Waals surface area contributed by atoms with Crippen molar-refractivity contribution < 1.29 is 9.53 Å². The smallest absolute Gasteiger partial charge is 0.309 e. The monoisotopic (exact) mass is 171 g/mol. The molecule has 0 bridgehead atoms. The fourth-order valence-electron chi connectivity index (χ4n) is 0.994. The summed E-state index contributed by atoms with van der Waals surface area (Å²) >= 11 is 0. The third kappa shape index (κ3) is 4.13. The van der Waals surface area contributed by atoms with Crippen molar-refractivity contribution in [1.29, 1.82) is 0 Å². The third-order valence-electron chi connectivity index (χ3n) is 1.59. The predicted octanol–water partition coefficient (Wildman–Crippen LogP) is 1.09. The second-order valence-electron chi connectivity index (χ2n) is 2.55. The van der Waals surface area contributed by atoms with Crippen molar-refractivity contribution in [2.24, 2.45) is 11.7 Å². The molecule has 2 N–H and O–H groups in total. The predicted molar refractivity (Wildman–Crippen MR) is 48.6 cm³/mol. The van der Waals surface area contributed by atoms with Crippen LogP contribution in [0, 0.1) is 5.92 Å². The lowest BCUT2D eigenvalue weighted by Crippen LogP contribution is -2.20. The van der Waals surface area contributed by atoms with Crippen molar-refractivity contribution in [1.82, 2.24) is 0 Å². The number of esters is 1. The van der Waals surface area contributed by atoms with Crippen LogP contribution in [0.4, 0.5) is 0 Å². The molecule has 0 aliphatic carbocycles. The standard InChI is InChI=1S/C9H17NO2/c1-3-5-8(6-7-10)9(11)12-4-2/h3,8H,1,4-7,10H2,2H3. The van der Waals surface area contributed by atoms with Crippen LogP contribution in [0.3, 0.4) is 0 Å². The summed E-state index contributed by atoms with van der Waals surface area (Å²) in [4.78, 5) is 11.2. The number of carbonyl (C=O) groups excluding carboxylic acids is 1. The summed E-state index contributed by atoms with van der Waals surface area (Å²) in [5.74, 6) is -0.268. The van der Waals surface area contributed by atoms with Crippen LogP contribution in [-0.2, 0) is 9.53 Å². The maximum atomic E-state index is 11.2. The molecule has 0 aromatic heterocycles. The molecule has 70 valence electrons. The van der Waals surface area contributed by atoms with Gasteiger partial charge in [-0.05, 0) is 26.3 Å². The van der Waals surface area contributed by atoms with Gasteiger partial charge in [0.05, 0.1) is 12.5 Å². The molecule has 3 heteroatoms. The summed E-state index contributed by atoms with van der Waals surface area (Å²) in [5, 5.41) is 0. The molecule has 0 aliphatic heterocycles. The fourth-order valence-corrected chi connectivity index (χ4v) is 0.994. The maximum Gasteiger partial charge on any atom is 0.309 e. The number of rotatable bonds is 6. The molecular weight excluding hydrogens is 154 g/mol. The number of allylic oxidation sites excluding steroid dienone is 1. The van der Waals surface area contributed by atoms with Crippen LogP contribution in [-0.4, -0.2) is 19.1 Å². The summed E-state index contributed by atoms with van der Waals surface area (Å²) < 4.78 is 4.87. The normalized spacial score (nSPS) is 12.2. The van der Waals surface area contributed by atoms with E-state index < -0.39 is 0 Å². The van der Waals surface area contributed by atoms with Gasteiger partial charge in [0.15, 0.2) is 0 Å². The number of ether oxygens (including phenoxy) is 1. The number of hydrogen-bond acceptors (Lipinski definition) is 3. The Morgan fingerprint density at radius 3 is 2.83 bits per heavy atom. The summed E-state index contributed by atoms with van der Waals surface area (Å²) in [6.07, 6.45) is 3.04. The van der Waals surface area contributed by atoms with Crippen molar-refractivity contribution >= 4 is 5.97 Å². The third-order valence-corrected chi connectivity index (χ3v) is 1.59. The van der Waals surface area contributed by atoms with E-state index in [2.05, 4.69) is 6.58 Å². The van der Waals surface area contributed by atoms with Gasteiger partial charge in [-0.2, -0.15) is 0 Å². The zero-order valence-electron chi connectivity index (χ0n) is 7.58. The van der Waals surface area contributed by atoms with E-state index in [1.807, 2.05) is 0 Å². The SMILES string of the molecule is C=CCC(CCN)C(=O)OCC. The molecule has 0 amide bonds. The lowest BCUT2D eigenvalue weighted by molar-refractivity contribution is -0.148. The zero-order valence-corrected chi connectivity index (χ0v) is 7.58. The molecule has 0 spiro atoms. The summed E-state index contributed by atoms with van der Waals surface area (Å²) in [5.41, 5.74) is 5.35. The molecule has 0 saturated heterocycles. The Kier molecular flexibility index (Phi) is 6.38. The van der Waals surface area contributed by atoms with Crippen LogP contribution in [0.5, 0.6) is 0 Å². The van der Waals surface area contributed by atoms with Crippen LogP contribution in [0.15, 0.2) is 12.7 Å². The van der Waals surface area contributed by atoms with E-state index in [1.54, 1.807) is 13.0 Å². The average molecular weight is 171 g/mol. The first-order valence-electron chi connectivity index (χ1n) is 4.23. The van der Waals surface area contributed by atoms with Gasteiger partial charge in [-0.15, -0.1) is 6.58 Å². The van der Waals surface area contributed by atoms with Gasteiger partial charge >= 0.3 is 5.97 Å². The molecule has 0 heterocycles. The van der Waals surface area contributed by atoms with Gasteiger partial charge in [-0.25, -0.2) is 0 Å². The van der Waals surface area contributed by atoms with Gasteiger partial charge in [0, 0.05) is 0 Å². The minimum Gasteiger partial charge on any atom is -0.466 e. The van der Waals surface area contributed by atoms with Gasteiger partial charge < -0.3 is 10.5 Å². The van der Waals surface area contributed by atoms with E-state index >= 15 is 0 Å². The molecule has 0 aliphatic rings. The van der Waals surface area contributed by atoms with Crippen LogP contribution >= 0.6 is 0 Å². The summed E-state index contributed by atoms with van der Waals surface area (Å²) in [6, 6.07) is 0. The highest BCUT2D eigenvalue weighted by atomic mass is 16.5. The number of carbonyl (C=O) groups is 1. The number of nitrogens with two attached hydrogens (primary N) is 1. The van der Waals surface area contributed by atoms with Gasteiger partial charge in [-0.3, -0.25) is 4.79 Å². The quantitative estimate of drug-likeness (QED) is 0.481. The molecule has 12 heavy (non-hydrogen) atoms. The molecule has 0 aromatic rings. The second-order valence-corrected chi connectivity index (χ2v) is 2.55. The molecule has 0 fully saturated rings. The van der Waals surface area contributed by atoms with Gasteiger partial charge in [-0.1, -0.05) is 6.08 Å². The molecule has 1 unspecified atom stereocenters. The Bertz CT molecular complexity index is 145. The van der Waals surface area contributed by atoms with E-state index in [4.69, 9.17) is 10.5 Å². The minimum atomic E-state index is -0.164. The largest absolute Gasteiger partial charge is 0.466 e. The van der Waals surface area contributed by atoms with E-state index in [-0.39, 0.29) is 11.9 Å². The van der Waals surface area contributed by atoms with Crippen molar-refractivity contribution in [3.8, 4) is 0 Å². The average Bonchev–Trinajstić information content (AvgIpc) is 2.04. The first kappa shape index (κ1) is 11.2. The Hall–Kier alpha value is -0.830. The van der Waals surface area contributed by atoms with Crippen LogP contribution in [0.2, 0.25) is 0 Å². The van der Waals surface area contributed by atoms with E-state index in [9.17, 15) is 4.79 Å². The molecular formula is C9H17NO2. The lowest BCUT2D eigenvalue weighted by atomic mass is 10.0. The second kappa shape index (κ2) is 6.85. The topological polar surface area (TPSA) is 52.3 Å². The van der Waals surface area contributed by atoms with Crippen molar-refractivity contribution in [3.63, 3.8) is 0 Å². The van der Waals surface area contributed by atoms with Crippen LogP contribution < -0.4 is 5.73 Å². The highest BCUT2D eigenvalue weighted by molar-refractivity contribution is 5.72. The number of hydrogen-bond donors (Lipinski definition) is 1. The maximum absolute atomic E-state index is 11.2. The van der Waals surface area contributed by atoms with E-state index in [0.29, 0.717) is 26.0 Å². The molecule has 0 aromatic carbocycles. The van der Waals surface area contributed by atoms with Gasteiger partial charge in [0.2, 0.25) is 0 Å². The highest BCUT2D eigenvalue weighted by Crippen LogP contribution is 2.10. The first-order chi connectivity index (χ1) is 5.76. The molecule has 3 nitrogen and oxygen atoms in total. The van der Waals surface area contributed by atoms with Crippen LogP contribution in [0.25, 0.3) is 0 Å². The van der Waals surface area contributed by atoms with Gasteiger partial charge in [0.1, 0.15) is 0 Å². The van der Waals surface area contributed by atoms with Gasteiger partial charge in [0.25, 0.3) is 0 Å².